The lowest BCUT2D eigenvalue weighted by Gasteiger charge is -2.18. The minimum Gasteiger partial charge on any atom is -0.481 e. The van der Waals surface area contributed by atoms with Crippen molar-refractivity contribution in [1.29, 1.82) is 0 Å². The molecule has 0 spiro atoms. The molecule has 0 radical (unpaired) electrons. The van der Waals surface area contributed by atoms with E-state index < -0.39 is 6.10 Å². The number of carbonyl (C=O) groups excluding carboxylic acids is 2. The maximum atomic E-state index is 12.4. The summed E-state index contributed by atoms with van der Waals surface area (Å²) in [5.41, 5.74) is 2.13. The standard InChI is InChI=1S/C20H24N2O3/c1-5-15-10-12-16(13-11-15)25-14(2)19(23)21-18-9-7-6-8-17(18)20(24)22(3)4/h6-14H,5H2,1-4H3,(H,21,23)/t14-/m0/s1. The first-order valence-electron chi connectivity index (χ1n) is 8.29. The fourth-order valence-electron chi connectivity index (χ4n) is 2.32. The summed E-state index contributed by atoms with van der Waals surface area (Å²) in [5, 5.41) is 2.78. The first-order chi connectivity index (χ1) is 11.9. The molecular weight excluding hydrogens is 316 g/mol. The van der Waals surface area contributed by atoms with E-state index in [1.807, 2.05) is 24.3 Å². The molecule has 5 heteroatoms. The molecular formula is C20H24N2O3. The van der Waals surface area contributed by atoms with Gasteiger partial charge in [-0.25, -0.2) is 0 Å². The summed E-state index contributed by atoms with van der Waals surface area (Å²) in [6.07, 6.45) is 0.266. The average molecular weight is 340 g/mol. The molecule has 0 aliphatic rings. The second kappa shape index (κ2) is 8.33. The van der Waals surface area contributed by atoms with Gasteiger partial charge >= 0.3 is 0 Å². The number of nitrogens with zero attached hydrogens (tertiary/aromatic N) is 1. The summed E-state index contributed by atoms with van der Waals surface area (Å²) in [7, 11) is 3.35. The van der Waals surface area contributed by atoms with Crippen LogP contribution in [-0.2, 0) is 11.2 Å². The summed E-state index contributed by atoms with van der Waals surface area (Å²) < 4.78 is 5.69. The van der Waals surface area contributed by atoms with Crippen LogP contribution in [0.15, 0.2) is 48.5 Å². The van der Waals surface area contributed by atoms with Crippen molar-refractivity contribution < 1.29 is 14.3 Å². The number of nitrogens with one attached hydrogen (secondary N) is 1. The minimum atomic E-state index is -0.685. The second-order valence-electron chi connectivity index (χ2n) is 5.99. The van der Waals surface area contributed by atoms with Crippen molar-refractivity contribution in [3.63, 3.8) is 0 Å². The van der Waals surface area contributed by atoms with Gasteiger partial charge in [-0.3, -0.25) is 9.59 Å². The fourth-order valence-corrected chi connectivity index (χ4v) is 2.32. The Bertz CT molecular complexity index is 739. The fraction of sp³-hybridized carbons (Fsp3) is 0.300. The van der Waals surface area contributed by atoms with E-state index in [2.05, 4.69) is 12.2 Å². The Labute approximate surface area is 148 Å². The lowest BCUT2D eigenvalue weighted by molar-refractivity contribution is -0.122. The highest BCUT2D eigenvalue weighted by molar-refractivity contribution is 6.04. The smallest absolute Gasteiger partial charge is 0.265 e. The zero-order valence-electron chi connectivity index (χ0n) is 15.1. The Morgan fingerprint density at radius 3 is 2.32 bits per heavy atom. The molecule has 2 amide bonds. The minimum absolute atomic E-state index is 0.167. The van der Waals surface area contributed by atoms with Crippen LogP contribution in [0, 0.1) is 0 Å². The van der Waals surface area contributed by atoms with Gasteiger partial charge in [0, 0.05) is 14.1 Å². The number of benzene rings is 2. The normalized spacial score (nSPS) is 11.5. The lowest BCUT2D eigenvalue weighted by atomic mass is 10.1. The number of ether oxygens (including phenoxy) is 1. The van der Waals surface area contributed by atoms with Gasteiger partial charge in [0.05, 0.1) is 11.3 Å². The Kier molecular flexibility index (Phi) is 6.17. The summed E-state index contributed by atoms with van der Waals surface area (Å²) >= 11 is 0. The molecule has 2 aromatic carbocycles. The number of aryl methyl sites for hydroxylation is 1. The molecule has 0 bridgehead atoms. The number of para-hydroxylation sites is 1. The van der Waals surface area contributed by atoms with Gasteiger partial charge in [-0.1, -0.05) is 31.2 Å². The molecule has 1 atom stereocenters. The third-order valence-corrected chi connectivity index (χ3v) is 3.84. The predicted octanol–water partition coefficient (Wildman–Crippen LogP) is 3.36. The largest absolute Gasteiger partial charge is 0.481 e. The molecule has 0 unspecified atom stereocenters. The van der Waals surface area contributed by atoms with Crippen molar-refractivity contribution in [3.8, 4) is 5.75 Å². The maximum Gasteiger partial charge on any atom is 0.265 e. The van der Waals surface area contributed by atoms with E-state index in [4.69, 9.17) is 4.74 Å². The van der Waals surface area contributed by atoms with Gasteiger partial charge in [-0.15, -0.1) is 0 Å². The number of anilines is 1. The summed E-state index contributed by atoms with van der Waals surface area (Å²) in [5.74, 6) is 0.163. The van der Waals surface area contributed by atoms with Gasteiger partial charge in [-0.2, -0.15) is 0 Å². The molecule has 5 nitrogen and oxygen atoms in total. The number of hydrogen-bond donors (Lipinski definition) is 1. The average Bonchev–Trinajstić information content (AvgIpc) is 2.62. The monoisotopic (exact) mass is 340 g/mol. The molecule has 132 valence electrons. The highest BCUT2D eigenvalue weighted by atomic mass is 16.5. The molecule has 2 aromatic rings. The molecule has 1 N–H and O–H groups in total. The molecule has 0 aromatic heterocycles. The number of rotatable bonds is 6. The summed E-state index contributed by atoms with van der Waals surface area (Å²) in [6.45, 7) is 3.76. The Hall–Kier alpha value is -2.82. The predicted molar refractivity (Wildman–Crippen MR) is 99.0 cm³/mol. The van der Waals surface area contributed by atoms with Crippen molar-refractivity contribution in [2.24, 2.45) is 0 Å². The van der Waals surface area contributed by atoms with Crippen LogP contribution in [-0.4, -0.2) is 36.9 Å². The Morgan fingerprint density at radius 1 is 1.08 bits per heavy atom. The second-order valence-corrected chi connectivity index (χ2v) is 5.99. The van der Waals surface area contributed by atoms with Crippen molar-refractivity contribution in [2.45, 2.75) is 26.4 Å². The quantitative estimate of drug-likeness (QED) is 0.877. The number of hydrogen-bond acceptors (Lipinski definition) is 3. The van der Waals surface area contributed by atoms with Crippen LogP contribution >= 0.6 is 0 Å². The maximum absolute atomic E-state index is 12.4. The number of carbonyl (C=O) groups is 2. The van der Waals surface area contributed by atoms with Crippen LogP contribution < -0.4 is 10.1 Å². The van der Waals surface area contributed by atoms with Crippen LogP contribution in [0.2, 0.25) is 0 Å². The van der Waals surface area contributed by atoms with Crippen LogP contribution in [0.4, 0.5) is 5.69 Å². The van der Waals surface area contributed by atoms with Crippen LogP contribution in [0.25, 0.3) is 0 Å². The van der Waals surface area contributed by atoms with Gasteiger partial charge in [0.25, 0.3) is 11.8 Å². The Balaban J connectivity index is 2.07. The summed E-state index contributed by atoms with van der Waals surface area (Å²) in [6, 6.07) is 14.6. The highest BCUT2D eigenvalue weighted by Crippen LogP contribution is 2.18. The molecule has 0 saturated heterocycles. The van der Waals surface area contributed by atoms with E-state index in [-0.39, 0.29) is 11.8 Å². The summed E-state index contributed by atoms with van der Waals surface area (Å²) in [4.78, 5) is 26.1. The first-order valence-corrected chi connectivity index (χ1v) is 8.29. The van der Waals surface area contributed by atoms with Gasteiger partial charge in [0.2, 0.25) is 0 Å². The van der Waals surface area contributed by atoms with Crippen molar-refractivity contribution in [3.05, 3.63) is 59.7 Å². The molecule has 0 fully saturated rings. The molecule has 25 heavy (non-hydrogen) atoms. The van der Waals surface area contributed by atoms with Crippen LogP contribution in [0.3, 0.4) is 0 Å². The van der Waals surface area contributed by atoms with E-state index in [1.54, 1.807) is 45.3 Å². The number of amides is 2. The third kappa shape index (κ3) is 4.83. The third-order valence-electron chi connectivity index (χ3n) is 3.84. The Morgan fingerprint density at radius 2 is 1.72 bits per heavy atom. The molecule has 0 aliphatic carbocycles. The van der Waals surface area contributed by atoms with Crippen molar-refractivity contribution in [1.82, 2.24) is 4.90 Å². The molecule has 0 heterocycles. The van der Waals surface area contributed by atoms with Crippen molar-refractivity contribution >= 4 is 17.5 Å². The van der Waals surface area contributed by atoms with Crippen LogP contribution in [0.1, 0.15) is 29.8 Å². The van der Waals surface area contributed by atoms with E-state index >= 15 is 0 Å². The molecule has 2 rings (SSSR count). The topological polar surface area (TPSA) is 58.6 Å². The first kappa shape index (κ1) is 18.5. The zero-order valence-corrected chi connectivity index (χ0v) is 15.1. The van der Waals surface area contributed by atoms with Crippen LogP contribution in [0.5, 0.6) is 5.75 Å². The zero-order chi connectivity index (χ0) is 18.4. The van der Waals surface area contributed by atoms with Gasteiger partial charge in [-0.05, 0) is 43.2 Å². The van der Waals surface area contributed by atoms with Gasteiger partial charge in [0.1, 0.15) is 5.75 Å². The molecule has 0 saturated carbocycles. The molecule has 0 aliphatic heterocycles. The van der Waals surface area contributed by atoms with Crippen molar-refractivity contribution in [2.75, 3.05) is 19.4 Å². The highest BCUT2D eigenvalue weighted by Gasteiger charge is 2.19. The van der Waals surface area contributed by atoms with Gasteiger partial charge < -0.3 is 15.0 Å². The van der Waals surface area contributed by atoms with E-state index in [1.165, 1.54) is 10.5 Å². The van der Waals surface area contributed by atoms with Gasteiger partial charge in [0.15, 0.2) is 6.10 Å². The lowest BCUT2D eigenvalue weighted by Crippen LogP contribution is -2.31. The van der Waals surface area contributed by atoms with E-state index in [0.717, 1.165) is 6.42 Å². The van der Waals surface area contributed by atoms with E-state index in [0.29, 0.717) is 17.0 Å². The van der Waals surface area contributed by atoms with E-state index in [9.17, 15) is 9.59 Å². The SMILES string of the molecule is CCc1ccc(O[C@@H](C)C(=O)Nc2ccccc2C(=O)N(C)C)cc1.